The third-order valence-electron chi connectivity index (χ3n) is 3.86. The first kappa shape index (κ1) is 14.6. The van der Waals surface area contributed by atoms with E-state index in [1.165, 1.54) is 6.07 Å². The first-order valence-electron chi connectivity index (χ1n) is 6.59. The summed E-state index contributed by atoms with van der Waals surface area (Å²) in [5, 5.41) is 26.1. The predicted molar refractivity (Wildman–Crippen MR) is 82.2 cm³/mol. The van der Waals surface area contributed by atoms with Crippen LogP contribution in [0.25, 0.3) is 11.1 Å². The summed E-state index contributed by atoms with van der Waals surface area (Å²) in [5.41, 5.74) is 0.999. The van der Waals surface area contributed by atoms with Crippen molar-refractivity contribution in [1.82, 2.24) is 0 Å². The summed E-state index contributed by atoms with van der Waals surface area (Å²) >= 11 is 0. The van der Waals surface area contributed by atoms with Crippen LogP contribution in [0.5, 0.6) is 0 Å². The molecule has 0 bridgehead atoms. The van der Waals surface area contributed by atoms with Crippen molar-refractivity contribution in [2.24, 2.45) is 5.29 Å². The highest BCUT2D eigenvalue weighted by Gasteiger charge is 2.37. The van der Waals surface area contributed by atoms with Gasteiger partial charge in [0.05, 0.1) is 15.1 Å². The molecule has 0 radical (unpaired) electrons. The van der Waals surface area contributed by atoms with Crippen LogP contribution in [-0.2, 0) is 6.42 Å². The Hall–Kier alpha value is -3.36. The van der Waals surface area contributed by atoms with Gasteiger partial charge < -0.3 is 0 Å². The van der Waals surface area contributed by atoms with E-state index >= 15 is 0 Å². The van der Waals surface area contributed by atoms with Gasteiger partial charge in [-0.2, -0.15) is 0 Å². The molecule has 0 saturated carbocycles. The minimum atomic E-state index is -0.745. The van der Waals surface area contributed by atoms with Gasteiger partial charge in [-0.1, -0.05) is 24.3 Å². The lowest BCUT2D eigenvalue weighted by molar-refractivity contribution is -0.392. The average Bonchev–Trinajstić information content (AvgIpc) is 2.90. The monoisotopic (exact) mass is 314 g/mol. The van der Waals surface area contributed by atoms with Crippen molar-refractivity contribution in [3.8, 4) is 11.1 Å². The van der Waals surface area contributed by atoms with Crippen LogP contribution in [0.15, 0.2) is 35.6 Å². The van der Waals surface area contributed by atoms with Gasteiger partial charge in [-0.05, 0) is 16.7 Å². The molecule has 23 heavy (non-hydrogen) atoms. The third kappa shape index (κ3) is 2.09. The predicted octanol–water partition coefficient (Wildman–Crippen LogP) is 3.19. The number of fused-ring (bicyclic) bond motifs is 3. The zero-order valence-electron chi connectivity index (χ0n) is 11.9. The van der Waals surface area contributed by atoms with E-state index in [-0.39, 0.29) is 6.42 Å². The Labute approximate surface area is 129 Å². The Bertz CT molecular complexity index is 864. The number of nitrogens with zero attached hydrogens (tertiary/aromatic N) is 4. The smallest absolute Gasteiger partial charge is 0.258 e. The van der Waals surface area contributed by atoms with Gasteiger partial charge in [-0.3, -0.25) is 20.2 Å². The molecule has 0 aromatic heterocycles. The molecule has 0 fully saturated rings. The van der Waals surface area contributed by atoms with E-state index in [9.17, 15) is 25.1 Å². The number of nitroso groups, excluding NO2 is 1. The molecule has 0 amide bonds. The summed E-state index contributed by atoms with van der Waals surface area (Å²) < 4.78 is 0. The first-order valence-corrected chi connectivity index (χ1v) is 6.59. The molecule has 0 spiro atoms. The van der Waals surface area contributed by atoms with Crippen LogP contribution in [0.1, 0.15) is 11.1 Å². The molecule has 2 aromatic rings. The average molecular weight is 314 g/mol. The van der Waals surface area contributed by atoms with Gasteiger partial charge >= 0.3 is 11.4 Å². The number of anilines is 1. The molecule has 0 unspecified atom stereocenters. The van der Waals surface area contributed by atoms with Gasteiger partial charge in [0.2, 0.25) is 5.69 Å². The van der Waals surface area contributed by atoms with Crippen molar-refractivity contribution < 1.29 is 9.85 Å². The summed E-state index contributed by atoms with van der Waals surface area (Å²) in [4.78, 5) is 32.2. The number of rotatable bonds is 4. The van der Waals surface area contributed by atoms with Crippen LogP contribution in [-0.4, -0.2) is 16.9 Å². The molecule has 2 aromatic carbocycles. The maximum absolute atomic E-state index is 11.5. The van der Waals surface area contributed by atoms with E-state index in [4.69, 9.17) is 0 Å². The number of hydrogen-bond acceptors (Lipinski definition) is 6. The molecule has 1 aliphatic carbocycles. The highest BCUT2D eigenvalue weighted by Crippen LogP contribution is 2.49. The standard InChI is InChI=1S/C14H10N4O5/c1-16(15-19)14-12(17(20)21)7-10-9-5-3-2-4-8(9)6-11(10)13(14)18(22)23/h2-5,7H,6H2,1H3. The molecule has 9 nitrogen and oxygen atoms in total. The Morgan fingerprint density at radius 1 is 1.13 bits per heavy atom. The molecule has 0 aliphatic heterocycles. The number of benzene rings is 2. The maximum Gasteiger partial charge on any atom is 0.305 e. The summed E-state index contributed by atoms with van der Waals surface area (Å²) in [6, 6.07) is 8.40. The third-order valence-corrected chi connectivity index (χ3v) is 3.86. The van der Waals surface area contributed by atoms with E-state index in [2.05, 4.69) is 5.29 Å². The maximum atomic E-state index is 11.5. The van der Waals surface area contributed by atoms with Crippen LogP contribution in [0, 0.1) is 25.1 Å². The lowest BCUT2D eigenvalue weighted by Gasteiger charge is -2.12. The van der Waals surface area contributed by atoms with E-state index < -0.39 is 26.9 Å². The molecule has 0 saturated heterocycles. The quantitative estimate of drug-likeness (QED) is 0.414. The molecule has 116 valence electrons. The van der Waals surface area contributed by atoms with Crippen molar-refractivity contribution >= 4 is 17.1 Å². The van der Waals surface area contributed by atoms with Gasteiger partial charge in [0.25, 0.3) is 0 Å². The van der Waals surface area contributed by atoms with Crippen molar-refractivity contribution in [3.63, 3.8) is 0 Å². The Kier molecular flexibility index (Phi) is 3.25. The second-order valence-electron chi connectivity index (χ2n) is 5.07. The molecule has 0 heterocycles. The fourth-order valence-corrected chi connectivity index (χ4v) is 2.93. The summed E-state index contributed by atoms with van der Waals surface area (Å²) in [6.45, 7) is 0. The number of hydrogen-bond donors (Lipinski definition) is 0. The minimum absolute atomic E-state index is 0.277. The lowest BCUT2D eigenvalue weighted by Crippen LogP contribution is -2.13. The minimum Gasteiger partial charge on any atom is -0.258 e. The molecular weight excluding hydrogens is 304 g/mol. The zero-order chi connectivity index (χ0) is 16.7. The molecule has 9 heteroatoms. The zero-order valence-corrected chi connectivity index (χ0v) is 11.9. The van der Waals surface area contributed by atoms with Crippen LogP contribution in [0.3, 0.4) is 0 Å². The number of nitro benzene ring substituents is 2. The summed E-state index contributed by atoms with van der Waals surface area (Å²) in [6.07, 6.45) is 0.277. The highest BCUT2D eigenvalue weighted by atomic mass is 16.6. The fraction of sp³-hybridized carbons (Fsp3) is 0.143. The first-order chi connectivity index (χ1) is 11.0. The normalized spacial score (nSPS) is 11.5. The molecule has 3 rings (SSSR count). The van der Waals surface area contributed by atoms with Crippen molar-refractivity contribution in [1.29, 1.82) is 0 Å². The van der Waals surface area contributed by atoms with E-state index in [0.29, 0.717) is 16.1 Å². The van der Waals surface area contributed by atoms with Crippen molar-refractivity contribution in [2.75, 3.05) is 12.1 Å². The van der Waals surface area contributed by atoms with Crippen LogP contribution < -0.4 is 5.01 Å². The van der Waals surface area contributed by atoms with E-state index in [1.54, 1.807) is 18.2 Å². The highest BCUT2D eigenvalue weighted by molar-refractivity contribution is 5.90. The molecule has 1 aliphatic rings. The van der Waals surface area contributed by atoms with Gasteiger partial charge in [0.1, 0.15) is 0 Å². The molecule has 0 atom stereocenters. The van der Waals surface area contributed by atoms with E-state index in [0.717, 1.165) is 18.2 Å². The Morgan fingerprint density at radius 3 is 2.43 bits per heavy atom. The second-order valence-corrected chi connectivity index (χ2v) is 5.07. The summed E-state index contributed by atoms with van der Waals surface area (Å²) in [7, 11) is 1.15. The Morgan fingerprint density at radius 2 is 1.83 bits per heavy atom. The van der Waals surface area contributed by atoms with Gasteiger partial charge in [0, 0.05) is 25.1 Å². The fourth-order valence-electron chi connectivity index (χ4n) is 2.93. The van der Waals surface area contributed by atoms with Crippen LogP contribution >= 0.6 is 0 Å². The topological polar surface area (TPSA) is 119 Å². The SMILES string of the molecule is CN(N=O)c1c([N+](=O)[O-])cc2c(c1[N+](=O)[O-])Cc1ccccc1-2. The van der Waals surface area contributed by atoms with E-state index in [1.807, 2.05) is 6.07 Å². The summed E-state index contributed by atoms with van der Waals surface area (Å²) in [5.74, 6) is 0. The van der Waals surface area contributed by atoms with Crippen molar-refractivity contribution in [2.45, 2.75) is 6.42 Å². The number of nitro groups is 2. The van der Waals surface area contributed by atoms with Crippen molar-refractivity contribution in [3.05, 3.63) is 66.6 Å². The van der Waals surface area contributed by atoms with Gasteiger partial charge in [-0.15, -0.1) is 4.91 Å². The lowest BCUT2D eigenvalue weighted by atomic mass is 10.0. The second kappa shape index (κ2) is 5.13. The van der Waals surface area contributed by atoms with Gasteiger partial charge in [-0.25, -0.2) is 5.01 Å². The molecule has 0 N–H and O–H groups in total. The Balaban J connectivity index is 2.41. The van der Waals surface area contributed by atoms with Crippen LogP contribution in [0.4, 0.5) is 17.1 Å². The van der Waals surface area contributed by atoms with Crippen LogP contribution in [0.2, 0.25) is 0 Å². The van der Waals surface area contributed by atoms with Gasteiger partial charge in [0.15, 0.2) is 0 Å². The largest absolute Gasteiger partial charge is 0.305 e. The molecular formula is C14H10N4O5.